The van der Waals surface area contributed by atoms with E-state index < -0.39 is 5.97 Å². The van der Waals surface area contributed by atoms with E-state index >= 15 is 0 Å². The van der Waals surface area contributed by atoms with Crippen LogP contribution in [-0.4, -0.2) is 26.2 Å². The average molecular weight is 298 g/mol. The number of hydrogen-bond donors (Lipinski definition) is 0. The topological polar surface area (TPSA) is 66.5 Å². The molecule has 0 radical (unpaired) electrons. The molecule has 0 bridgehead atoms. The minimum atomic E-state index is -0.414. The summed E-state index contributed by atoms with van der Waals surface area (Å²) in [5.41, 5.74) is 1.56. The molecule has 5 nitrogen and oxygen atoms in total. The van der Waals surface area contributed by atoms with E-state index in [0.717, 1.165) is 25.9 Å². The number of furan rings is 1. The van der Waals surface area contributed by atoms with E-state index in [1.54, 1.807) is 18.2 Å². The molecule has 0 aliphatic carbocycles. The molecule has 3 rings (SSSR count). The molecule has 1 aliphatic heterocycles. The number of anilines is 1. The van der Waals surface area contributed by atoms with Gasteiger partial charge in [-0.2, -0.15) is 5.26 Å². The van der Waals surface area contributed by atoms with Crippen LogP contribution in [0.4, 0.5) is 5.88 Å². The summed E-state index contributed by atoms with van der Waals surface area (Å²) < 4.78 is 10.6. The molecule has 0 spiro atoms. The largest absolute Gasteiger partial charge is 0.465 e. The summed E-state index contributed by atoms with van der Waals surface area (Å²) in [4.78, 5) is 13.8. The lowest BCUT2D eigenvalue weighted by molar-refractivity contribution is 0.0601. The molecule has 1 aliphatic rings. The predicted octanol–water partition coefficient (Wildman–Crippen LogP) is 3.47. The van der Waals surface area contributed by atoms with Crippen molar-refractivity contribution in [3.05, 3.63) is 29.3 Å². The lowest BCUT2D eigenvalue weighted by Gasteiger charge is -2.19. The van der Waals surface area contributed by atoms with Crippen molar-refractivity contribution in [3.63, 3.8) is 0 Å². The zero-order valence-corrected chi connectivity index (χ0v) is 12.6. The third-order valence-electron chi connectivity index (χ3n) is 4.10. The van der Waals surface area contributed by atoms with Crippen LogP contribution in [-0.2, 0) is 4.74 Å². The van der Waals surface area contributed by atoms with E-state index in [0.29, 0.717) is 28.0 Å². The van der Waals surface area contributed by atoms with Gasteiger partial charge < -0.3 is 14.1 Å². The number of ether oxygens (including phenoxy) is 1. The van der Waals surface area contributed by atoms with Gasteiger partial charge in [-0.1, -0.05) is 12.8 Å². The quantitative estimate of drug-likeness (QED) is 0.794. The minimum absolute atomic E-state index is 0.414. The average Bonchev–Trinajstić information content (AvgIpc) is 2.72. The number of methoxy groups -OCH3 is 1. The second-order valence-corrected chi connectivity index (χ2v) is 5.50. The van der Waals surface area contributed by atoms with Crippen molar-refractivity contribution in [2.75, 3.05) is 25.1 Å². The van der Waals surface area contributed by atoms with Crippen LogP contribution in [0.15, 0.2) is 22.6 Å². The minimum Gasteiger partial charge on any atom is -0.465 e. The highest BCUT2D eigenvalue weighted by Crippen LogP contribution is 2.34. The molecule has 114 valence electrons. The molecule has 0 atom stereocenters. The summed E-state index contributed by atoms with van der Waals surface area (Å²) in [5, 5.41) is 10.2. The van der Waals surface area contributed by atoms with Crippen molar-refractivity contribution in [2.24, 2.45) is 0 Å². The first kappa shape index (κ1) is 14.5. The number of hydrogen-bond acceptors (Lipinski definition) is 5. The molecule has 5 heteroatoms. The van der Waals surface area contributed by atoms with Gasteiger partial charge in [-0.25, -0.2) is 4.79 Å². The number of fused-ring (bicyclic) bond motifs is 1. The number of nitriles is 1. The van der Waals surface area contributed by atoms with E-state index in [2.05, 4.69) is 11.0 Å². The maximum absolute atomic E-state index is 11.7. The molecule has 1 fully saturated rings. The van der Waals surface area contributed by atoms with Gasteiger partial charge in [0.2, 0.25) is 5.88 Å². The molecule has 1 saturated heterocycles. The summed E-state index contributed by atoms with van der Waals surface area (Å²) in [6.45, 7) is 1.80. The van der Waals surface area contributed by atoms with Gasteiger partial charge >= 0.3 is 5.97 Å². The number of benzene rings is 1. The van der Waals surface area contributed by atoms with Crippen LogP contribution in [0.1, 0.15) is 41.6 Å². The highest BCUT2D eigenvalue weighted by Gasteiger charge is 2.22. The van der Waals surface area contributed by atoms with Gasteiger partial charge in [-0.05, 0) is 31.0 Å². The summed E-state index contributed by atoms with van der Waals surface area (Å²) in [7, 11) is 1.34. The summed E-state index contributed by atoms with van der Waals surface area (Å²) in [6, 6.07) is 7.29. The van der Waals surface area contributed by atoms with Crippen LogP contribution >= 0.6 is 0 Å². The molecule has 2 aromatic rings. The number of nitrogens with zero attached hydrogens (tertiary/aromatic N) is 2. The maximum Gasteiger partial charge on any atom is 0.337 e. The van der Waals surface area contributed by atoms with Crippen molar-refractivity contribution in [1.29, 1.82) is 5.26 Å². The normalized spacial score (nSPS) is 15.4. The van der Waals surface area contributed by atoms with E-state index in [1.165, 1.54) is 20.0 Å². The summed E-state index contributed by atoms with van der Waals surface area (Å²) in [6.07, 6.45) is 4.64. The number of carbonyl (C=O) groups is 1. The van der Waals surface area contributed by atoms with Crippen molar-refractivity contribution in [3.8, 4) is 6.07 Å². The lowest BCUT2D eigenvalue weighted by atomic mass is 10.1. The Morgan fingerprint density at radius 2 is 2.00 bits per heavy atom. The van der Waals surface area contributed by atoms with Gasteiger partial charge in [0.1, 0.15) is 17.2 Å². The van der Waals surface area contributed by atoms with E-state index in [9.17, 15) is 10.1 Å². The Balaban J connectivity index is 2.07. The van der Waals surface area contributed by atoms with E-state index in [-0.39, 0.29) is 0 Å². The van der Waals surface area contributed by atoms with Crippen LogP contribution in [0.2, 0.25) is 0 Å². The Labute approximate surface area is 129 Å². The molecular formula is C17H18N2O3. The number of rotatable bonds is 2. The van der Waals surface area contributed by atoms with E-state index in [4.69, 9.17) is 9.15 Å². The standard InChI is InChI=1S/C17H18N2O3/c1-21-17(20)12-6-7-15-13(10-12)14(11-18)16(22-15)19-8-4-2-3-5-9-19/h6-7,10H,2-5,8-9H2,1H3. The molecule has 1 aromatic carbocycles. The van der Waals surface area contributed by atoms with Gasteiger partial charge in [-0.3, -0.25) is 0 Å². The maximum atomic E-state index is 11.7. The monoisotopic (exact) mass is 298 g/mol. The highest BCUT2D eigenvalue weighted by atomic mass is 16.5. The molecule has 1 aromatic heterocycles. The van der Waals surface area contributed by atoms with Crippen LogP contribution in [0.25, 0.3) is 11.0 Å². The van der Waals surface area contributed by atoms with Crippen LogP contribution in [0.3, 0.4) is 0 Å². The Bertz CT molecular complexity index is 734. The van der Waals surface area contributed by atoms with Gasteiger partial charge in [0.25, 0.3) is 0 Å². The number of esters is 1. The highest BCUT2D eigenvalue weighted by molar-refractivity contribution is 5.97. The smallest absolute Gasteiger partial charge is 0.337 e. The van der Waals surface area contributed by atoms with Crippen LogP contribution in [0.5, 0.6) is 0 Å². The van der Waals surface area contributed by atoms with E-state index in [1.807, 2.05) is 0 Å². The molecule has 0 saturated carbocycles. The molecule has 0 unspecified atom stereocenters. The lowest BCUT2D eigenvalue weighted by Crippen LogP contribution is -2.24. The first-order valence-corrected chi connectivity index (χ1v) is 7.54. The fourth-order valence-corrected chi connectivity index (χ4v) is 2.93. The third-order valence-corrected chi connectivity index (χ3v) is 4.10. The molecular weight excluding hydrogens is 280 g/mol. The van der Waals surface area contributed by atoms with Gasteiger partial charge in [-0.15, -0.1) is 0 Å². The Kier molecular flexibility index (Phi) is 4.01. The summed E-state index contributed by atoms with van der Waals surface area (Å²) in [5.74, 6) is 0.213. The first-order valence-electron chi connectivity index (χ1n) is 7.54. The zero-order chi connectivity index (χ0) is 15.5. The predicted molar refractivity (Wildman–Crippen MR) is 82.9 cm³/mol. The first-order chi connectivity index (χ1) is 10.7. The van der Waals surface area contributed by atoms with Crippen molar-refractivity contribution < 1.29 is 13.9 Å². The molecule has 0 amide bonds. The number of carbonyl (C=O) groups excluding carboxylic acids is 1. The Hall–Kier alpha value is -2.48. The molecule has 22 heavy (non-hydrogen) atoms. The summed E-state index contributed by atoms with van der Waals surface area (Å²) >= 11 is 0. The second-order valence-electron chi connectivity index (χ2n) is 5.50. The third kappa shape index (κ3) is 2.52. The van der Waals surface area contributed by atoms with Crippen molar-refractivity contribution >= 4 is 22.8 Å². The molecule has 2 heterocycles. The van der Waals surface area contributed by atoms with Crippen LogP contribution in [0, 0.1) is 11.3 Å². The fourth-order valence-electron chi connectivity index (χ4n) is 2.93. The zero-order valence-electron chi connectivity index (χ0n) is 12.6. The van der Waals surface area contributed by atoms with Gasteiger partial charge in [0.15, 0.2) is 0 Å². The van der Waals surface area contributed by atoms with Crippen molar-refractivity contribution in [2.45, 2.75) is 25.7 Å². The Morgan fingerprint density at radius 1 is 1.27 bits per heavy atom. The Morgan fingerprint density at radius 3 is 2.64 bits per heavy atom. The fraction of sp³-hybridized carbons (Fsp3) is 0.412. The SMILES string of the molecule is COC(=O)c1ccc2oc(N3CCCCCC3)c(C#N)c2c1. The van der Waals surface area contributed by atoms with Gasteiger partial charge in [0, 0.05) is 18.5 Å². The molecule has 0 N–H and O–H groups in total. The van der Waals surface area contributed by atoms with Gasteiger partial charge in [0.05, 0.1) is 12.7 Å². The second kappa shape index (κ2) is 6.10. The van der Waals surface area contributed by atoms with Crippen molar-refractivity contribution in [1.82, 2.24) is 0 Å². The van der Waals surface area contributed by atoms with Crippen LogP contribution < -0.4 is 4.90 Å².